The van der Waals surface area contributed by atoms with Crippen molar-refractivity contribution in [1.29, 1.82) is 0 Å². The number of carbonyl (C=O) groups is 2. The van der Waals surface area contributed by atoms with Crippen molar-refractivity contribution in [3.63, 3.8) is 0 Å². The molecular weight excluding hydrogens is 240 g/mol. The number of rotatable bonds is 4. The van der Waals surface area contributed by atoms with E-state index in [0.29, 0.717) is 5.06 Å². The third-order valence-corrected chi connectivity index (χ3v) is 2.12. The lowest BCUT2D eigenvalue weighted by Crippen LogP contribution is -2.38. The summed E-state index contributed by atoms with van der Waals surface area (Å²) in [5, 5.41) is 18.3. The molecule has 0 aliphatic rings. The average molecular weight is 254 g/mol. The normalized spacial score (nSPS) is 11.7. The van der Waals surface area contributed by atoms with E-state index in [1.165, 1.54) is 6.07 Å². The topological polar surface area (TPSA) is 113 Å². The molecule has 0 heterocycles. The lowest BCUT2D eigenvalue weighted by Gasteiger charge is -2.16. The van der Waals surface area contributed by atoms with Crippen LogP contribution in [0.15, 0.2) is 24.3 Å². The highest BCUT2D eigenvalue weighted by Crippen LogP contribution is 2.14. The smallest absolute Gasteiger partial charge is 0.438 e. The molecule has 0 fully saturated rings. The number of carboxylic acid groups (broad SMARTS) is 1. The lowest BCUT2D eigenvalue weighted by atomic mass is 10.2. The molecule has 0 aliphatic heterocycles. The number of carbonyl (C=O) groups excluding carboxylic acids is 1. The SMILES string of the molecule is Cc1cccc(N(O)C(=O)OCC(N)C(=O)O)c1. The first-order chi connectivity index (χ1) is 8.41. The molecule has 1 amide bonds. The van der Waals surface area contributed by atoms with E-state index in [1.54, 1.807) is 25.1 Å². The number of benzene rings is 1. The van der Waals surface area contributed by atoms with Gasteiger partial charge in [0, 0.05) is 0 Å². The first-order valence-electron chi connectivity index (χ1n) is 5.12. The first-order valence-corrected chi connectivity index (χ1v) is 5.12. The summed E-state index contributed by atoms with van der Waals surface area (Å²) in [6, 6.07) is 5.21. The fourth-order valence-electron chi connectivity index (χ4n) is 1.16. The van der Waals surface area contributed by atoms with Crippen LogP contribution in [0.25, 0.3) is 0 Å². The molecular formula is C11H14N2O5. The maximum atomic E-state index is 11.4. The van der Waals surface area contributed by atoms with Crippen LogP contribution in [0.1, 0.15) is 5.56 Å². The summed E-state index contributed by atoms with van der Waals surface area (Å²) in [7, 11) is 0. The van der Waals surface area contributed by atoms with Gasteiger partial charge in [-0.05, 0) is 24.6 Å². The zero-order valence-corrected chi connectivity index (χ0v) is 9.74. The van der Waals surface area contributed by atoms with Crippen molar-refractivity contribution in [3.05, 3.63) is 29.8 Å². The highest BCUT2D eigenvalue weighted by molar-refractivity contribution is 5.85. The zero-order chi connectivity index (χ0) is 13.7. The van der Waals surface area contributed by atoms with E-state index in [-0.39, 0.29) is 5.69 Å². The van der Waals surface area contributed by atoms with E-state index in [9.17, 15) is 14.8 Å². The number of aryl methyl sites for hydroxylation is 1. The fraction of sp³-hybridized carbons (Fsp3) is 0.273. The molecule has 4 N–H and O–H groups in total. The molecule has 1 atom stereocenters. The second-order valence-electron chi connectivity index (χ2n) is 3.67. The molecule has 0 aromatic heterocycles. The number of amides is 1. The number of ether oxygens (including phenoxy) is 1. The minimum atomic E-state index is -1.32. The minimum absolute atomic E-state index is 0.226. The van der Waals surface area contributed by atoms with Gasteiger partial charge in [0.1, 0.15) is 12.6 Å². The number of carboxylic acids is 1. The summed E-state index contributed by atoms with van der Waals surface area (Å²) in [6.07, 6.45) is -1.09. The number of hydroxylamine groups is 1. The monoisotopic (exact) mass is 254 g/mol. The predicted molar refractivity (Wildman–Crippen MR) is 62.4 cm³/mol. The Hall–Kier alpha value is -2.12. The van der Waals surface area contributed by atoms with Gasteiger partial charge in [-0.15, -0.1) is 0 Å². The van der Waals surface area contributed by atoms with Gasteiger partial charge >= 0.3 is 12.1 Å². The van der Waals surface area contributed by atoms with Gasteiger partial charge in [-0.3, -0.25) is 10.0 Å². The average Bonchev–Trinajstić information content (AvgIpc) is 2.34. The third kappa shape index (κ3) is 3.72. The van der Waals surface area contributed by atoms with E-state index >= 15 is 0 Å². The van der Waals surface area contributed by atoms with Crippen LogP contribution < -0.4 is 10.8 Å². The van der Waals surface area contributed by atoms with Crippen LogP contribution in [0.2, 0.25) is 0 Å². The second-order valence-corrected chi connectivity index (χ2v) is 3.67. The molecule has 1 rings (SSSR count). The number of anilines is 1. The predicted octanol–water partition coefficient (Wildman–Crippen LogP) is 0.739. The summed E-state index contributed by atoms with van der Waals surface area (Å²) in [5.41, 5.74) is 6.23. The van der Waals surface area contributed by atoms with Crippen molar-refractivity contribution in [1.82, 2.24) is 0 Å². The number of hydrogen-bond acceptors (Lipinski definition) is 5. The molecule has 0 bridgehead atoms. The maximum Gasteiger partial charge on any atom is 0.438 e. The molecule has 0 spiro atoms. The van der Waals surface area contributed by atoms with Gasteiger partial charge in [-0.1, -0.05) is 12.1 Å². The molecule has 0 aliphatic carbocycles. The molecule has 98 valence electrons. The lowest BCUT2D eigenvalue weighted by molar-refractivity contribution is -0.139. The molecule has 1 unspecified atom stereocenters. The Morgan fingerprint density at radius 1 is 1.50 bits per heavy atom. The van der Waals surface area contributed by atoms with Crippen molar-refractivity contribution in [2.24, 2.45) is 5.73 Å². The molecule has 0 saturated heterocycles. The van der Waals surface area contributed by atoms with Crippen molar-refractivity contribution in [2.75, 3.05) is 11.7 Å². The van der Waals surface area contributed by atoms with Crippen LogP contribution in [0.3, 0.4) is 0 Å². The number of aliphatic carboxylic acids is 1. The van der Waals surface area contributed by atoms with Crippen LogP contribution in [0, 0.1) is 6.92 Å². The van der Waals surface area contributed by atoms with Gasteiger partial charge in [0.2, 0.25) is 0 Å². The number of nitrogens with zero attached hydrogens (tertiary/aromatic N) is 1. The highest BCUT2D eigenvalue weighted by atomic mass is 16.6. The Kier molecular flexibility index (Phi) is 4.64. The first kappa shape index (κ1) is 13.9. The van der Waals surface area contributed by atoms with Crippen LogP contribution in [0.4, 0.5) is 10.5 Å². The van der Waals surface area contributed by atoms with E-state index in [1.807, 2.05) is 0 Å². The Morgan fingerprint density at radius 2 is 2.17 bits per heavy atom. The largest absolute Gasteiger partial charge is 0.480 e. The molecule has 1 aromatic rings. The van der Waals surface area contributed by atoms with E-state index in [4.69, 9.17) is 10.8 Å². The van der Waals surface area contributed by atoms with Crippen LogP contribution in [-0.4, -0.2) is 35.0 Å². The summed E-state index contributed by atoms with van der Waals surface area (Å²) in [4.78, 5) is 21.8. The molecule has 0 radical (unpaired) electrons. The molecule has 1 aromatic carbocycles. The van der Waals surface area contributed by atoms with E-state index in [0.717, 1.165) is 5.56 Å². The van der Waals surface area contributed by atoms with Crippen LogP contribution >= 0.6 is 0 Å². The van der Waals surface area contributed by atoms with Crippen molar-refractivity contribution in [3.8, 4) is 0 Å². The van der Waals surface area contributed by atoms with E-state index in [2.05, 4.69) is 4.74 Å². The van der Waals surface area contributed by atoms with Gasteiger partial charge in [-0.25, -0.2) is 4.79 Å². The van der Waals surface area contributed by atoms with Gasteiger partial charge in [0.15, 0.2) is 0 Å². The Bertz CT molecular complexity index is 449. The number of nitrogens with two attached hydrogens (primary N) is 1. The summed E-state index contributed by atoms with van der Waals surface area (Å²) in [6.45, 7) is 1.28. The maximum absolute atomic E-state index is 11.4. The molecule has 18 heavy (non-hydrogen) atoms. The molecule has 7 nitrogen and oxygen atoms in total. The Balaban J connectivity index is 2.59. The molecule has 7 heteroatoms. The van der Waals surface area contributed by atoms with Gasteiger partial charge in [-0.2, -0.15) is 5.06 Å². The Morgan fingerprint density at radius 3 is 2.72 bits per heavy atom. The summed E-state index contributed by atoms with van der Waals surface area (Å²) < 4.78 is 4.55. The second kappa shape index (κ2) is 5.99. The highest BCUT2D eigenvalue weighted by Gasteiger charge is 2.19. The quantitative estimate of drug-likeness (QED) is 0.539. The zero-order valence-electron chi connectivity index (χ0n) is 9.74. The molecule has 0 saturated carbocycles. The van der Waals surface area contributed by atoms with E-state index < -0.39 is 24.7 Å². The van der Waals surface area contributed by atoms with Crippen molar-refractivity contribution >= 4 is 17.7 Å². The van der Waals surface area contributed by atoms with Gasteiger partial charge in [0.05, 0.1) is 5.69 Å². The minimum Gasteiger partial charge on any atom is -0.480 e. The fourth-order valence-corrected chi connectivity index (χ4v) is 1.16. The standard InChI is InChI=1S/C11H14N2O5/c1-7-3-2-4-8(5-7)13(17)11(16)18-6-9(12)10(14)15/h2-5,9,17H,6,12H2,1H3,(H,14,15). The Labute approximate surface area is 103 Å². The third-order valence-electron chi connectivity index (χ3n) is 2.12. The summed E-state index contributed by atoms with van der Waals surface area (Å²) >= 11 is 0. The van der Waals surface area contributed by atoms with Crippen LogP contribution in [-0.2, 0) is 9.53 Å². The number of hydrogen-bond donors (Lipinski definition) is 3. The van der Waals surface area contributed by atoms with Gasteiger partial charge in [0.25, 0.3) is 0 Å². The van der Waals surface area contributed by atoms with Crippen molar-refractivity contribution < 1.29 is 24.6 Å². The van der Waals surface area contributed by atoms with Crippen LogP contribution in [0.5, 0.6) is 0 Å². The summed E-state index contributed by atoms with van der Waals surface area (Å²) in [5.74, 6) is -1.29. The van der Waals surface area contributed by atoms with Gasteiger partial charge < -0.3 is 15.6 Å². The van der Waals surface area contributed by atoms with Crippen molar-refractivity contribution in [2.45, 2.75) is 13.0 Å².